The van der Waals surface area contributed by atoms with Crippen LogP contribution in [0.15, 0.2) is 0 Å². The minimum Gasteiger partial charge on any atom is -0.389 e. The van der Waals surface area contributed by atoms with Gasteiger partial charge < -0.3 is 19.5 Å². The Balaban J connectivity index is 2.08. The molecule has 0 bridgehead atoms. The maximum Gasteiger partial charge on any atom is 0.0900 e. The van der Waals surface area contributed by atoms with Gasteiger partial charge in [-0.3, -0.25) is 0 Å². The molecule has 16 heavy (non-hydrogen) atoms. The maximum absolute atomic E-state index is 9.77. The molecule has 0 amide bonds. The van der Waals surface area contributed by atoms with Gasteiger partial charge in [0.1, 0.15) is 0 Å². The second-order valence-electron chi connectivity index (χ2n) is 5.37. The van der Waals surface area contributed by atoms with E-state index in [1.807, 2.05) is 0 Å². The number of hydrogen-bond acceptors (Lipinski definition) is 4. The van der Waals surface area contributed by atoms with Crippen LogP contribution in [0.4, 0.5) is 0 Å². The van der Waals surface area contributed by atoms with Crippen LogP contribution in [0.5, 0.6) is 0 Å². The van der Waals surface area contributed by atoms with E-state index >= 15 is 0 Å². The number of aliphatic hydroxyl groups is 1. The summed E-state index contributed by atoms with van der Waals surface area (Å²) in [5.41, 5.74) is 0.399. The molecule has 96 valence electrons. The van der Waals surface area contributed by atoms with E-state index in [2.05, 4.69) is 18.7 Å². The van der Waals surface area contributed by atoms with E-state index in [4.69, 9.17) is 9.47 Å². The fourth-order valence-corrected chi connectivity index (χ4v) is 2.09. The molecule has 0 aromatic heterocycles. The molecular weight excluding hydrogens is 206 g/mol. The highest BCUT2D eigenvalue weighted by molar-refractivity contribution is 4.83. The van der Waals surface area contributed by atoms with Crippen molar-refractivity contribution in [3.05, 3.63) is 0 Å². The number of ether oxygens (including phenoxy) is 2. The molecule has 4 nitrogen and oxygen atoms in total. The van der Waals surface area contributed by atoms with Crippen LogP contribution >= 0.6 is 0 Å². The molecule has 4 heteroatoms. The van der Waals surface area contributed by atoms with Crippen molar-refractivity contribution in [2.24, 2.45) is 5.41 Å². The summed E-state index contributed by atoms with van der Waals surface area (Å²) in [5, 5.41) is 9.77. The summed E-state index contributed by atoms with van der Waals surface area (Å²) in [6, 6.07) is 0. The highest BCUT2D eigenvalue weighted by atomic mass is 16.5. The molecule has 1 aliphatic rings. The molecule has 0 radical (unpaired) electrons. The van der Waals surface area contributed by atoms with E-state index in [1.54, 1.807) is 7.11 Å². The van der Waals surface area contributed by atoms with Crippen LogP contribution in [0.25, 0.3) is 0 Å². The van der Waals surface area contributed by atoms with Crippen LogP contribution < -0.4 is 0 Å². The number of hydrogen-bond donors (Lipinski definition) is 1. The van der Waals surface area contributed by atoms with E-state index in [9.17, 15) is 5.11 Å². The molecule has 1 atom stereocenters. The van der Waals surface area contributed by atoms with Crippen LogP contribution in [-0.4, -0.2) is 62.7 Å². The molecule has 1 aliphatic heterocycles. The summed E-state index contributed by atoms with van der Waals surface area (Å²) in [4.78, 5) is 2.31. The predicted molar refractivity (Wildman–Crippen MR) is 63.5 cm³/mol. The standard InChI is InChI=1S/C12H25NO3/c1-12(2)4-5-13(10-12)8-11(14)9-16-7-6-15-3/h11,14H,4-10H2,1-3H3. The van der Waals surface area contributed by atoms with Gasteiger partial charge in [0.25, 0.3) is 0 Å². The number of aliphatic hydroxyl groups excluding tert-OH is 1. The van der Waals surface area contributed by atoms with E-state index in [0.29, 0.717) is 25.2 Å². The average molecular weight is 231 g/mol. The minimum absolute atomic E-state index is 0.384. The summed E-state index contributed by atoms with van der Waals surface area (Å²) >= 11 is 0. The Morgan fingerprint density at radius 2 is 2.12 bits per heavy atom. The lowest BCUT2D eigenvalue weighted by atomic mass is 9.93. The molecule has 1 heterocycles. The van der Waals surface area contributed by atoms with Gasteiger partial charge in [-0.05, 0) is 18.4 Å². The van der Waals surface area contributed by atoms with Crippen LogP contribution in [-0.2, 0) is 9.47 Å². The van der Waals surface area contributed by atoms with Crippen LogP contribution in [0.3, 0.4) is 0 Å². The molecule has 0 aromatic carbocycles. The topological polar surface area (TPSA) is 41.9 Å². The molecule has 1 rings (SSSR count). The van der Waals surface area contributed by atoms with Gasteiger partial charge in [0.2, 0.25) is 0 Å². The Bertz CT molecular complexity index is 197. The Morgan fingerprint density at radius 1 is 1.38 bits per heavy atom. The molecule has 1 N–H and O–H groups in total. The third-order valence-electron chi connectivity index (χ3n) is 2.97. The first kappa shape index (κ1) is 13.9. The van der Waals surface area contributed by atoms with Crippen molar-refractivity contribution in [1.82, 2.24) is 4.90 Å². The number of nitrogens with zero attached hydrogens (tertiary/aromatic N) is 1. The quantitative estimate of drug-likeness (QED) is 0.656. The molecule has 0 saturated carbocycles. The maximum atomic E-state index is 9.77. The predicted octanol–water partition coefficient (Wildman–Crippen LogP) is 0.742. The number of β-amino-alcohol motifs (C(OH)–C–C–N with tert-alkyl or cyclic N) is 1. The number of rotatable bonds is 7. The Kier molecular flexibility index (Phi) is 5.69. The average Bonchev–Trinajstić information content (AvgIpc) is 2.53. The lowest BCUT2D eigenvalue weighted by Crippen LogP contribution is -2.34. The Morgan fingerprint density at radius 3 is 2.69 bits per heavy atom. The summed E-state index contributed by atoms with van der Waals surface area (Å²) in [5.74, 6) is 0. The van der Waals surface area contributed by atoms with E-state index < -0.39 is 0 Å². The first-order chi connectivity index (χ1) is 7.53. The van der Waals surface area contributed by atoms with E-state index in [0.717, 1.165) is 19.6 Å². The van der Waals surface area contributed by atoms with Gasteiger partial charge >= 0.3 is 0 Å². The fraction of sp³-hybridized carbons (Fsp3) is 1.00. The van der Waals surface area contributed by atoms with Crippen molar-refractivity contribution in [3.8, 4) is 0 Å². The molecule has 1 saturated heterocycles. The molecule has 0 aliphatic carbocycles. The highest BCUT2D eigenvalue weighted by Gasteiger charge is 2.29. The van der Waals surface area contributed by atoms with Crippen molar-refractivity contribution in [3.63, 3.8) is 0 Å². The first-order valence-electron chi connectivity index (χ1n) is 6.00. The third kappa shape index (κ3) is 5.25. The van der Waals surface area contributed by atoms with E-state index in [1.165, 1.54) is 6.42 Å². The number of likely N-dealkylation sites (tertiary alicyclic amines) is 1. The zero-order chi connectivity index (χ0) is 12.0. The SMILES string of the molecule is COCCOCC(O)CN1CCC(C)(C)C1. The Labute approximate surface area is 98.5 Å². The van der Waals surface area contributed by atoms with Gasteiger partial charge in [0, 0.05) is 20.2 Å². The molecular formula is C12H25NO3. The van der Waals surface area contributed by atoms with Crippen molar-refractivity contribution in [2.75, 3.05) is 46.6 Å². The summed E-state index contributed by atoms with van der Waals surface area (Å²) in [6.07, 6.45) is 0.829. The second-order valence-corrected chi connectivity index (χ2v) is 5.37. The van der Waals surface area contributed by atoms with E-state index in [-0.39, 0.29) is 6.10 Å². The summed E-state index contributed by atoms with van der Waals surface area (Å²) < 4.78 is 10.2. The smallest absolute Gasteiger partial charge is 0.0900 e. The zero-order valence-corrected chi connectivity index (χ0v) is 10.7. The molecule has 1 unspecified atom stereocenters. The highest BCUT2D eigenvalue weighted by Crippen LogP contribution is 2.28. The van der Waals surface area contributed by atoms with Gasteiger partial charge in [0.05, 0.1) is 25.9 Å². The van der Waals surface area contributed by atoms with Crippen molar-refractivity contribution in [1.29, 1.82) is 0 Å². The van der Waals surface area contributed by atoms with Crippen molar-refractivity contribution in [2.45, 2.75) is 26.4 Å². The summed E-state index contributed by atoms with van der Waals surface area (Å²) in [7, 11) is 1.64. The minimum atomic E-state index is -0.384. The van der Waals surface area contributed by atoms with Crippen LogP contribution in [0.1, 0.15) is 20.3 Å². The number of methoxy groups -OCH3 is 1. The van der Waals surface area contributed by atoms with Gasteiger partial charge in [-0.2, -0.15) is 0 Å². The first-order valence-corrected chi connectivity index (χ1v) is 6.00. The molecule has 1 fully saturated rings. The lowest BCUT2D eigenvalue weighted by molar-refractivity contribution is 0.00126. The van der Waals surface area contributed by atoms with Gasteiger partial charge in [0.15, 0.2) is 0 Å². The van der Waals surface area contributed by atoms with Crippen molar-refractivity contribution < 1.29 is 14.6 Å². The van der Waals surface area contributed by atoms with Gasteiger partial charge in [-0.25, -0.2) is 0 Å². The van der Waals surface area contributed by atoms with Crippen LogP contribution in [0.2, 0.25) is 0 Å². The van der Waals surface area contributed by atoms with Crippen LogP contribution in [0, 0.1) is 5.41 Å². The normalized spacial score (nSPS) is 22.5. The zero-order valence-electron chi connectivity index (χ0n) is 10.7. The Hall–Kier alpha value is -0.160. The second kappa shape index (κ2) is 6.55. The lowest BCUT2D eigenvalue weighted by Gasteiger charge is -2.22. The van der Waals surface area contributed by atoms with Crippen molar-refractivity contribution >= 4 is 0 Å². The van der Waals surface area contributed by atoms with Gasteiger partial charge in [-0.1, -0.05) is 13.8 Å². The van der Waals surface area contributed by atoms with Gasteiger partial charge in [-0.15, -0.1) is 0 Å². The fourth-order valence-electron chi connectivity index (χ4n) is 2.09. The largest absolute Gasteiger partial charge is 0.389 e. The summed E-state index contributed by atoms with van der Waals surface area (Å²) in [6.45, 7) is 8.96. The monoisotopic (exact) mass is 231 g/mol. The molecule has 0 spiro atoms. The third-order valence-corrected chi connectivity index (χ3v) is 2.97. The molecule has 0 aromatic rings.